The lowest BCUT2D eigenvalue weighted by atomic mass is 9.78. The van der Waals surface area contributed by atoms with E-state index < -0.39 is 0 Å². The molecule has 1 unspecified atom stereocenters. The minimum absolute atomic E-state index is 0.000194. The minimum Gasteiger partial charge on any atom is -0.364 e. The monoisotopic (exact) mass is 447 g/mol. The first kappa shape index (κ1) is 22.7. The Kier molecular flexibility index (Phi) is 5.97. The first-order valence-electron chi connectivity index (χ1n) is 11.3. The van der Waals surface area contributed by atoms with Gasteiger partial charge in [0.2, 0.25) is 0 Å². The molecule has 0 aliphatic carbocycles. The molecule has 2 aliphatic rings. The largest absolute Gasteiger partial charge is 0.364 e. The van der Waals surface area contributed by atoms with E-state index in [0.717, 1.165) is 22.6 Å². The number of thioether (sulfide) groups is 1. The molecule has 168 valence electrons. The van der Waals surface area contributed by atoms with Crippen molar-refractivity contribution in [2.24, 2.45) is 4.99 Å². The molecule has 0 spiro atoms. The second-order valence-corrected chi connectivity index (χ2v) is 10.9. The van der Waals surface area contributed by atoms with Gasteiger partial charge < -0.3 is 4.90 Å². The van der Waals surface area contributed by atoms with E-state index in [1.54, 1.807) is 11.9 Å². The molecule has 2 aromatic carbocycles. The van der Waals surface area contributed by atoms with Crippen LogP contribution in [0.5, 0.6) is 0 Å². The van der Waals surface area contributed by atoms with Crippen molar-refractivity contribution in [3.63, 3.8) is 0 Å². The fourth-order valence-electron chi connectivity index (χ4n) is 5.15. The number of amides is 1. The van der Waals surface area contributed by atoms with Crippen LogP contribution in [0.1, 0.15) is 63.6 Å². The quantitative estimate of drug-likeness (QED) is 0.489. The summed E-state index contributed by atoms with van der Waals surface area (Å²) in [7, 11) is 1.79. The van der Waals surface area contributed by atoms with E-state index in [9.17, 15) is 4.79 Å². The topological polar surface area (TPSA) is 35.9 Å². The molecule has 0 aromatic heterocycles. The second-order valence-electron chi connectivity index (χ2n) is 9.85. The Morgan fingerprint density at radius 3 is 2.53 bits per heavy atom. The normalized spacial score (nSPS) is 22.9. The Labute approximate surface area is 196 Å². The molecule has 0 saturated carbocycles. The van der Waals surface area contributed by atoms with Gasteiger partial charge in [-0.15, -0.1) is 0 Å². The fourth-order valence-corrected chi connectivity index (χ4v) is 6.13. The molecule has 2 heterocycles. The smallest absolute Gasteiger partial charge is 0.266 e. The van der Waals surface area contributed by atoms with Gasteiger partial charge in [0.15, 0.2) is 5.17 Å². The van der Waals surface area contributed by atoms with Crippen molar-refractivity contribution in [2.75, 3.05) is 11.9 Å². The molecule has 1 atom stereocenters. The van der Waals surface area contributed by atoms with E-state index in [0.29, 0.717) is 17.1 Å². The molecule has 2 aromatic rings. The van der Waals surface area contributed by atoms with E-state index in [2.05, 4.69) is 63.6 Å². The summed E-state index contributed by atoms with van der Waals surface area (Å²) >= 11 is 1.45. The maximum Gasteiger partial charge on any atom is 0.266 e. The van der Waals surface area contributed by atoms with E-state index >= 15 is 0 Å². The Morgan fingerprint density at radius 1 is 1.19 bits per heavy atom. The highest BCUT2D eigenvalue weighted by atomic mass is 32.2. The number of benzene rings is 2. The van der Waals surface area contributed by atoms with Gasteiger partial charge in [0.1, 0.15) is 0 Å². The highest BCUT2D eigenvalue weighted by Crippen LogP contribution is 2.46. The molecule has 1 saturated heterocycles. The van der Waals surface area contributed by atoms with Gasteiger partial charge in [0.25, 0.3) is 5.91 Å². The first-order chi connectivity index (χ1) is 15.1. The van der Waals surface area contributed by atoms with Crippen molar-refractivity contribution < 1.29 is 4.79 Å². The molecule has 32 heavy (non-hydrogen) atoms. The standard InChI is InChI=1S/C27H33N3OS/c1-17(2)30-23-13-18(3)20(14-22(23)19(4)16-27(30,5)6)15-24-25(31)29(7)26(32-24)28-21-11-9-8-10-12-21/h8-15,17,19H,16H2,1-7H3/b24-15-,28-26?. The number of para-hydroxylation sites is 1. The number of aliphatic imine (C=N–C) groups is 1. The van der Waals surface area contributed by atoms with Crippen LogP contribution in [-0.4, -0.2) is 34.6 Å². The van der Waals surface area contributed by atoms with Crippen molar-refractivity contribution in [1.82, 2.24) is 4.90 Å². The van der Waals surface area contributed by atoms with Gasteiger partial charge in [-0.25, -0.2) is 4.99 Å². The zero-order valence-electron chi connectivity index (χ0n) is 20.1. The number of hydrogen-bond acceptors (Lipinski definition) is 4. The zero-order chi connectivity index (χ0) is 23.2. The molecular formula is C27H33N3OS. The number of likely N-dealkylation sites (N-methyl/N-ethyl adjacent to an activating group) is 1. The Balaban J connectivity index is 1.72. The van der Waals surface area contributed by atoms with E-state index in [1.165, 1.54) is 28.6 Å². The molecule has 4 rings (SSSR count). The number of carbonyl (C=O) groups excluding carboxylic acids is 1. The van der Waals surface area contributed by atoms with Gasteiger partial charge in [-0.05, 0) is 106 Å². The predicted octanol–water partition coefficient (Wildman–Crippen LogP) is 6.73. The number of rotatable bonds is 3. The summed E-state index contributed by atoms with van der Waals surface area (Å²) in [6.07, 6.45) is 3.15. The Morgan fingerprint density at radius 2 is 1.88 bits per heavy atom. The number of amidine groups is 1. The number of carbonyl (C=O) groups is 1. The molecule has 0 bridgehead atoms. The number of fused-ring (bicyclic) bond motifs is 1. The summed E-state index contributed by atoms with van der Waals surface area (Å²) in [5.74, 6) is 0.470. The maximum absolute atomic E-state index is 12.9. The SMILES string of the molecule is Cc1cc2c(cc1/C=C1\SC(=Nc3ccccc3)N(C)C1=O)C(C)CC(C)(C)N2C(C)C. The average Bonchev–Trinajstić information content (AvgIpc) is 2.97. The Bertz CT molecular complexity index is 1100. The van der Waals surface area contributed by atoms with E-state index in [-0.39, 0.29) is 11.4 Å². The van der Waals surface area contributed by atoms with Crippen LogP contribution in [0.2, 0.25) is 0 Å². The molecule has 4 nitrogen and oxygen atoms in total. The third-order valence-corrected chi connectivity index (χ3v) is 7.51. The van der Waals surface area contributed by atoms with Crippen LogP contribution in [0, 0.1) is 6.92 Å². The van der Waals surface area contributed by atoms with Crippen LogP contribution in [0.3, 0.4) is 0 Å². The predicted molar refractivity (Wildman–Crippen MR) is 138 cm³/mol. The lowest BCUT2D eigenvalue weighted by Crippen LogP contribution is -2.51. The molecule has 1 amide bonds. The van der Waals surface area contributed by atoms with Crippen LogP contribution in [-0.2, 0) is 4.79 Å². The summed E-state index contributed by atoms with van der Waals surface area (Å²) < 4.78 is 0. The van der Waals surface area contributed by atoms with Crippen LogP contribution in [0.4, 0.5) is 11.4 Å². The zero-order valence-corrected chi connectivity index (χ0v) is 21.0. The molecule has 1 fully saturated rings. The summed E-state index contributed by atoms with van der Waals surface area (Å²) in [4.78, 5) is 22.5. The van der Waals surface area contributed by atoms with Crippen LogP contribution in [0.25, 0.3) is 6.08 Å². The van der Waals surface area contributed by atoms with Crippen molar-refractivity contribution in [1.29, 1.82) is 0 Å². The summed E-state index contributed by atoms with van der Waals surface area (Å²) in [5.41, 5.74) is 5.98. The summed E-state index contributed by atoms with van der Waals surface area (Å²) in [6, 6.07) is 14.8. The summed E-state index contributed by atoms with van der Waals surface area (Å²) in [5, 5.41) is 0.712. The van der Waals surface area contributed by atoms with Gasteiger partial charge in [-0.2, -0.15) is 0 Å². The Hall–Kier alpha value is -2.53. The fraction of sp³-hybridized carbons (Fsp3) is 0.407. The highest BCUT2D eigenvalue weighted by Gasteiger charge is 2.38. The minimum atomic E-state index is -0.000194. The molecule has 0 radical (unpaired) electrons. The van der Waals surface area contributed by atoms with Crippen molar-refractivity contribution >= 4 is 40.3 Å². The van der Waals surface area contributed by atoms with E-state index in [4.69, 9.17) is 0 Å². The van der Waals surface area contributed by atoms with Crippen molar-refractivity contribution in [3.05, 3.63) is 64.1 Å². The van der Waals surface area contributed by atoms with Gasteiger partial charge >= 0.3 is 0 Å². The number of nitrogens with zero attached hydrogens (tertiary/aromatic N) is 3. The average molecular weight is 448 g/mol. The third-order valence-electron chi connectivity index (χ3n) is 6.45. The maximum atomic E-state index is 12.9. The lowest BCUT2D eigenvalue weighted by Gasteiger charge is -2.50. The van der Waals surface area contributed by atoms with Gasteiger partial charge in [0.05, 0.1) is 10.6 Å². The van der Waals surface area contributed by atoms with Crippen LogP contribution >= 0.6 is 11.8 Å². The lowest BCUT2D eigenvalue weighted by molar-refractivity contribution is -0.121. The van der Waals surface area contributed by atoms with Gasteiger partial charge in [-0.1, -0.05) is 25.1 Å². The number of hydrogen-bond donors (Lipinski definition) is 0. The molecule has 5 heteroatoms. The van der Waals surface area contributed by atoms with Crippen LogP contribution in [0.15, 0.2) is 52.4 Å². The molecular weight excluding hydrogens is 414 g/mol. The van der Waals surface area contributed by atoms with E-state index in [1.807, 2.05) is 36.4 Å². The third kappa shape index (κ3) is 4.11. The number of aryl methyl sites for hydroxylation is 1. The first-order valence-corrected chi connectivity index (χ1v) is 12.2. The highest BCUT2D eigenvalue weighted by molar-refractivity contribution is 8.18. The van der Waals surface area contributed by atoms with Crippen molar-refractivity contribution in [3.8, 4) is 0 Å². The molecule has 2 aliphatic heterocycles. The summed E-state index contributed by atoms with van der Waals surface area (Å²) in [6.45, 7) is 13.7. The second kappa shape index (κ2) is 8.43. The van der Waals surface area contributed by atoms with Crippen molar-refractivity contribution in [2.45, 2.75) is 65.5 Å². The number of anilines is 1. The van der Waals surface area contributed by atoms with Gasteiger partial charge in [-0.3, -0.25) is 9.69 Å². The van der Waals surface area contributed by atoms with Gasteiger partial charge in [0, 0.05) is 24.3 Å². The van der Waals surface area contributed by atoms with Crippen LogP contribution < -0.4 is 4.90 Å². The molecule has 0 N–H and O–H groups in total.